The molecule has 3 aliphatic carbocycles. The molecule has 0 aromatic heterocycles. The monoisotopic (exact) mass is 490 g/mol. The lowest BCUT2D eigenvalue weighted by atomic mass is 9.38. The first-order valence-corrected chi connectivity index (χ1v) is 13.4. The predicted molar refractivity (Wildman–Crippen MR) is 122 cm³/mol. The SMILES string of the molecule is CC(=O)O[C@@H]1C[C@@H]2[C@H](CC[C@H]3[C@@]2(C)CC[C@@H]2[C@]3(C)CCC[C@]2(C)C(=O)O)[C@@H]2O[C@H]3OC(=O)C[C@@]31O2. The van der Waals surface area contributed by atoms with Crippen molar-refractivity contribution in [2.24, 2.45) is 39.9 Å². The van der Waals surface area contributed by atoms with Gasteiger partial charge in [-0.2, -0.15) is 0 Å². The van der Waals surface area contributed by atoms with E-state index in [0.29, 0.717) is 12.3 Å². The largest absolute Gasteiger partial charge is 0.481 e. The molecule has 1 spiro atoms. The lowest BCUT2D eigenvalue weighted by Gasteiger charge is -2.66. The number of rotatable bonds is 2. The van der Waals surface area contributed by atoms with Gasteiger partial charge in [0.1, 0.15) is 6.10 Å². The molecule has 6 rings (SSSR count). The summed E-state index contributed by atoms with van der Waals surface area (Å²) in [6.45, 7) is 8.08. The van der Waals surface area contributed by atoms with Gasteiger partial charge in [-0.15, -0.1) is 0 Å². The highest BCUT2D eigenvalue weighted by molar-refractivity contribution is 5.75. The number of aliphatic carboxylic acids is 1. The fourth-order valence-corrected chi connectivity index (χ4v) is 10.0. The molecular weight excluding hydrogens is 452 g/mol. The molecule has 0 aromatic rings. The quantitative estimate of drug-likeness (QED) is 0.578. The van der Waals surface area contributed by atoms with E-state index in [0.717, 1.165) is 44.9 Å². The Morgan fingerprint density at radius 3 is 2.51 bits per heavy atom. The van der Waals surface area contributed by atoms with Crippen LogP contribution in [0.5, 0.6) is 0 Å². The van der Waals surface area contributed by atoms with Crippen molar-refractivity contribution in [3.8, 4) is 0 Å². The summed E-state index contributed by atoms with van der Waals surface area (Å²) in [4.78, 5) is 36.8. The minimum atomic E-state index is -1.08. The molecule has 35 heavy (non-hydrogen) atoms. The third kappa shape index (κ3) is 3.01. The number of carbonyl (C=O) groups is 3. The Balaban J connectivity index is 1.38. The van der Waals surface area contributed by atoms with Gasteiger partial charge in [-0.1, -0.05) is 20.3 Å². The number of carbonyl (C=O) groups excluding carboxylic acids is 2. The molecule has 6 fully saturated rings. The molecular formula is C27H38O8. The number of hydrogen-bond acceptors (Lipinski definition) is 7. The van der Waals surface area contributed by atoms with Crippen molar-refractivity contribution in [1.29, 1.82) is 0 Å². The average molecular weight is 491 g/mol. The second-order valence-electron chi connectivity index (χ2n) is 13.0. The number of carboxylic acid groups (broad SMARTS) is 1. The fourth-order valence-electron chi connectivity index (χ4n) is 10.0. The lowest BCUT2D eigenvalue weighted by molar-refractivity contribution is -0.225. The molecule has 3 saturated heterocycles. The van der Waals surface area contributed by atoms with Crippen molar-refractivity contribution >= 4 is 17.9 Å². The van der Waals surface area contributed by atoms with Crippen LogP contribution in [0.15, 0.2) is 0 Å². The van der Waals surface area contributed by atoms with Crippen LogP contribution in [0.3, 0.4) is 0 Å². The first kappa shape index (κ1) is 23.7. The zero-order valence-corrected chi connectivity index (χ0v) is 21.2. The Kier molecular flexibility index (Phi) is 5.04. The Morgan fingerprint density at radius 2 is 1.80 bits per heavy atom. The molecule has 0 unspecified atom stereocenters. The average Bonchev–Trinajstić information content (AvgIpc) is 3.21. The Labute approximate surface area is 206 Å². The molecule has 194 valence electrons. The highest BCUT2D eigenvalue weighted by Gasteiger charge is 2.71. The van der Waals surface area contributed by atoms with Crippen molar-refractivity contribution in [3.05, 3.63) is 0 Å². The van der Waals surface area contributed by atoms with Gasteiger partial charge in [0.2, 0.25) is 6.29 Å². The number of hydrogen-bond donors (Lipinski definition) is 1. The summed E-state index contributed by atoms with van der Waals surface area (Å²) < 4.78 is 24.0. The van der Waals surface area contributed by atoms with E-state index in [2.05, 4.69) is 13.8 Å². The number of esters is 2. The maximum Gasteiger partial charge on any atom is 0.311 e. The van der Waals surface area contributed by atoms with Crippen molar-refractivity contribution in [2.45, 2.75) is 110 Å². The van der Waals surface area contributed by atoms with Gasteiger partial charge in [0, 0.05) is 12.8 Å². The van der Waals surface area contributed by atoms with Crippen LogP contribution in [-0.4, -0.2) is 47.3 Å². The van der Waals surface area contributed by atoms with E-state index in [1.165, 1.54) is 6.92 Å². The van der Waals surface area contributed by atoms with Crippen molar-refractivity contribution in [2.75, 3.05) is 0 Å². The van der Waals surface area contributed by atoms with Gasteiger partial charge < -0.3 is 24.1 Å². The second kappa shape index (κ2) is 7.44. The molecule has 2 bridgehead atoms. The summed E-state index contributed by atoms with van der Waals surface area (Å²) in [6.07, 6.45) is 5.16. The van der Waals surface area contributed by atoms with Crippen LogP contribution < -0.4 is 0 Å². The molecule has 0 amide bonds. The van der Waals surface area contributed by atoms with Crippen LogP contribution in [0.4, 0.5) is 0 Å². The normalized spacial score (nSPS) is 54.4. The van der Waals surface area contributed by atoms with Crippen molar-refractivity contribution < 1.29 is 38.4 Å². The zero-order chi connectivity index (χ0) is 25.0. The molecule has 0 aromatic carbocycles. The maximum atomic E-state index is 12.4. The van der Waals surface area contributed by atoms with E-state index in [4.69, 9.17) is 18.9 Å². The highest BCUT2D eigenvalue weighted by Crippen LogP contribution is 2.71. The van der Waals surface area contributed by atoms with Crippen molar-refractivity contribution in [3.63, 3.8) is 0 Å². The van der Waals surface area contributed by atoms with Crippen LogP contribution >= 0.6 is 0 Å². The van der Waals surface area contributed by atoms with Crippen LogP contribution in [0.2, 0.25) is 0 Å². The first-order valence-electron chi connectivity index (χ1n) is 13.4. The van der Waals surface area contributed by atoms with Gasteiger partial charge in [-0.05, 0) is 80.5 Å². The molecule has 8 nitrogen and oxygen atoms in total. The summed E-state index contributed by atoms with van der Waals surface area (Å²) in [6, 6.07) is 0. The summed E-state index contributed by atoms with van der Waals surface area (Å²) in [5, 5.41) is 10.2. The van der Waals surface area contributed by atoms with Gasteiger partial charge in [0.15, 0.2) is 11.9 Å². The second-order valence-corrected chi connectivity index (χ2v) is 13.0. The zero-order valence-electron chi connectivity index (χ0n) is 21.2. The Hall–Kier alpha value is -1.67. The molecule has 6 aliphatic rings. The summed E-state index contributed by atoms with van der Waals surface area (Å²) in [5.41, 5.74) is -1.88. The van der Waals surface area contributed by atoms with E-state index in [-0.39, 0.29) is 41.0 Å². The number of fused-ring (bicyclic) bond motifs is 7. The molecule has 3 aliphatic heterocycles. The third-order valence-corrected chi connectivity index (χ3v) is 11.5. The predicted octanol–water partition coefficient (Wildman–Crippen LogP) is 4.05. The van der Waals surface area contributed by atoms with E-state index < -0.39 is 41.6 Å². The number of ether oxygens (including phenoxy) is 4. The summed E-state index contributed by atoms with van der Waals surface area (Å²) in [7, 11) is 0. The molecule has 3 saturated carbocycles. The van der Waals surface area contributed by atoms with E-state index in [1.807, 2.05) is 6.92 Å². The Morgan fingerprint density at radius 1 is 1.03 bits per heavy atom. The van der Waals surface area contributed by atoms with Gasteiger partial charge in [-0.3, -0.25) is 14.4 Å². The Bertz CT molecular complexity index is 965. The molecule has 11 atom stereocenters. The maximum absolute atomic E-state index is 12.4. The van der Waals surface area contributed by atoms with Crippen molar-refractivity contribution in [1.82, 2.24) is 0 Å². The van der Waals surface area contributed by atoms with Crippen LogP contribution in [-0.2, 0) is 33.3 Å². The van der Waals surface area contributed by atoms with Gasteiger partial charge in [0.25, 0.3) is 0 Å². The minimum absolute atomic E-state index is 0.0302. The fraction of sp³-hybridized carbons (Fsp3) is 0.889. The van der Waals surface area contributed by atoms with Gasteiger partial charge >= 0.3 is 17.9 Å². The van der Waals surface area contributed by atoms with E-state index in [1.54, 1.807) is 0 Å². The third-order valence-electron chi connectivity index (χ3n) is 11.5. The minimum Gasteiger partial charge on any atom is -0.481 e. The molecule has 8 heteroatoms. The summed E-state index contributed by atoms with van der Waals surface area (Å²) >= 11 is 0. The highest BCUT2D eigenvalue weighted by atomic mass is 16.8. The van der Waals surface area contributed by atoms with Gasteiger partial charge in [0.05, 0.1) is 11.8 Å². The lowest BCUT2D eigenvalue weighted by Crippen LogP contribution is -2.62. The molecule has 0 radical (unpaired) electrons. The smallest absolute Gasteiger partial charge is 0.311 e. The van der Waals surface area contributed by atoms with Crippen LogP contribution in [0, 0.1) is 39.9 Å². The van der Waals surface area contributed by atoms with E-state index >= 15 is 0 Å². The van der Waals surface area contributed by atoms with Crippen LogP contribution in [0.1, 0.15) is 85.5 Å². The molecule has 1 N–H and O–H groups in total. The first-order chi connectivity index (χ1) is 16.4. The number of carboxylic acids is 1. The van der Waals surface area contributed by atoms with E-state index in [9.17, 15) is 19.5 Å². The standard InChI is InChI=1S/C27H38O8/c1-14(28)32-19-12-16-15(21-34-23-27(19,35-21)13-20(29)33-23)6-7-17-24(16,2)11-8-18-25(17,3)9-5-10-26(18,4)22(30)31/h15-19,21,23H,5-13H2,1-4H3,(H,30,31)/t15-,16+,17-,18+,19+,21+,23+,24-,25+,26-,27-/m0/s1. The summed E-state index contributed by atoms with van der Waals surface area (Å²) in [5.74, 6) is -0.620. The van der Waals surface area contributed by atoms with Gasteiger partial charge in [-0.25, -0.2) is 0 Å². The topological polar surface area (TPSA) is 108 Å². The van der Waals surface area contributed by atoms with Crippen LogP contribution in [0.25, 0.3) is 0 Å². The molecule has 3 heterocycles.